The van der Waals surface area contributed by atoms with Crippen LogP contribution in [0.5, 0.6) is 11.5 Å². The van der Waals surface area contributed by atoms with Crippen molar-refractivity contribution in [1.82, 2.24) is 0 Å². The average Bonchev–Trinajstić information content (AvgIpc) is 2.85. The Morgan fingerprint density at radius 1 is 1.30 bits per heavy atom. The molecule has 1 saturated carbocycles. The molecule has 2 aliphatic rings. The number of hydrogen-bond acceptors (Lipinski definition) is 5. The van der Waals surface area contributed by atoms with Crippen molar-refractivity contribution in [3.63, 3.8) is 0 Å². The average molecular weight is 360 g/mol. The number of halogens is 2. The molecule has 1 amide bonds. The summed E-state index contributed by atoms with van der Waals surface area (Å²) >= 11 is 11.9. The molecule has 1 aromatic rings. The highest BCUT2D eigenvalue weighted by molar-refractivity contribution is 6.53. The summed E-state index contributed by atoms with van der Waals surface area (Å²) in [5.74, 6) is 0.115. The summed E-state index contributed by atoms with van der Waals surface area (Å²) in [6, 6.07) is 5.00. The lowest BCUT2D eigenvalue weighted by atomic mass is 10.1. The quantitative estimate of drug-likeness (QED) is 0.660. The standard InChI is InChI=1S/C15H15Cl2NO5/c1-8(23-13(20)14(2)6-15(14,16)17)12(19)18-9-3-4-10-11(5-9)22-7-21-10/h3-5,8H,6-7H2,1-2H3,(H,18,19)/t8-,14-/m0/s1. The van der Waals surface area contributed by atoms with Gasteiger partial charge in [0.2, 0.25) is 6.79 Å². The van der Waals surface area contributed by atoms with Crippen LogP contribution in [0.3, 0.4) is 0 Å². The predicted octanol–water partition coefficient (Wildman–Crippen LogP) is 2.87. The number of hydrogen-bond donors (Lipinski definition) is 1. The minimum Gasteiger partial charge on any atom is -0.454 e. The topological polar surface area (TPSA) is 73.9 Å². The van der Waals surface area contributed by atoms with E-state index in [4.69, 9.17) is 37.4 Å². The molecule has 1 fully saturated rings. The maximum Gasteiger partial charge on any atom is 0.315 e. The first kappa shape index (κ1) is 16.2. The minimum atomic E-state index is -1.13. The SMILES string of the molecule is C[C@H](OC(=O)[C@]1(C)CC1(Cl)Cl)C(=O)Nc1ccc2c(c1)OCO2. The van der Waals surface area contributed by atoms with E-state index in [9.17, 15) is 9.59 Å². The fourth-order valence-corrected chi connectivity index (χ4v) is 2.87. The number of ether oxygens (including phenoxy) is 3. The van der Waals surface area contributed by atoms with Crippen molar-refractivity contribution in [2.24, 2.45) is 5.41 Å². The summed E-state index contributed by atoms with van der Waals surface area (Å²) in [5, 5.41) is 2.65. The van der Waals surface area contributed by atoms with Crippen molar-refractivity contribution in [1.29, 1.82) is 0 Å². The second kappa shape index (κ2) is 5.46. The van der Waals surface area contributed by atoms with Crippen molar-refractivity contribution in [3.8, 4) is 11.5 Å². The molecule has 1 aliphatic carbocycles. The van der Waals surface area contributed by atoms with E-state index in [1.807, 2.05) is 0 Å². The number of fused-ring (bicyclic) bond motifs is 1. The number of rotatable bonds is 4. The van der Waals surface area contributed by atoms with E-state index in [0.717, 1.165) is 0 Å². The van der Waals surface area contributed by atoms with E-state index in [1.54, 1.807) is 25.1 Å². The third kappa shape index (κ3) is 2.93. The maximum atomic E-state index is 12.1. The summed E-state index contributed by atoms with van der Waals surface area (Å²) in [6.07, 6.45) is -0.673. The molecule has 8 heteroatoms. The molecular formula is C15H15Cl2NO5. The van der Waals surface area contributed by atoms with Crippen LogP contribution in [-0.2, 0) is 14.3 Å². The van der Waals surface area contributed by atoms with Gasteiger partial charge in [0.15, 0.2) is 17.6 Å². The molecule has 0 bridgehead atoms. The zero-order chi connectivity index (χ0) is 16.8. The van der Waals surface area contributed by atoms with Gasteiger partial charge in [0.05, 0.1) is 0 Å². The van der Waals surface area contributed by atoms with Crippen molar-refractivity contribution in [2.75, 3.05) is 12.1 Å². The van der Waals surface area contributed by atoms with Gasteiger partial charge in [0, 0.05) is 18.2 Å². The highest BCUT2D eigenvalue weighted by Crippen LogP contribution is 2.64. The highest BCUT2D eigenvalue weighted by Gasteiger charge is 2.69. The lowest BCUT2D eigenvalue weighted by molar-refractivity contribution is -0.158. The number of carbonyl (C=O) groups excluding carboxylic acids is 2. The molecule has 1 N–H and O–H groups in total. The van der Waals surface area contributed by atoms with Gasteiger partial charge in [-0.1, -0.05) is 0 Å². The normalized spacial score (nSPS) is 24.7. The lowest BCUT2D eigenvalue weighted by Crippen LogP contribution is -2.33. The first-order chi connectivity index (χ1) is 10.7. The van der Waals surface area contributed by atoms with E-state index in [0.29, 0.717) is 23.6 Å². The van der Waals surface area contributed by atoms with Gasteiger partial charge in [-0.25, -0.2) is 0 Å². The summed E-state index contributed by atoms with van der Waals surface area (Å²) in [4.78, 5) is 24.2. The molecule has 0 aromatic heterocycles. The van der Waals surface area contributed by atoms with Crippen molar-refractivity contribution in [2.45, 2.75) is 30.7 Å². The highest BCUT2D eigenvalue weighted by atomic mass is 35.5. The molecule has 0 saturated heterocycles. The molecule has 0 unspecified atom stereocenters. The Hall–Kier alpha value is -1.66. The number of nitrogens with one attached hydrogen (secondary N) is 1. The van der Waals surface area contributed by atoms with Crippen molar-refractivity contribution < 1.29 is 23.8 Å². The monoisotopic (exact) mass is 359 g/mol. The molecule has 124 valence electrons. The van der Waals surface area contributed by atoms with E-state index in [1.165, 1.54) is 6.92 Å². The van der Waals surface area contributed by atoms with Crippen LogP contribution in [0.25, 0.3) is 0 Å². The van der Waals surface area contributed by atoms with Gasteiger partial charge in [-0.2, -0.15) is 0 Å². The molecule has 1 heterocycles. The van der Waals surface area contributed by atoms with E-state index in [-0.39, 0.29) is 6.79 Å². The van der Waals surface area contributed by atoms with Gasteiger partial charge in [-0.05, 0) is 26.0 Å². The molecule has 1 aliphatic heterocycles. The predicted molar refractivity (Wildman–Crippen MR) is 83.9 cm³/mol. The van der Waals surface area contributed by atoms with Crippen LogP contribution < -0.4 is 14.8 Å². The van der Waals surface area contributed by atoms with Crippen LogP contribution in [0.1, 0.15) is 20.3 Å². The first-order valence-corrected chi connectivity index (χ1v) is 7.78. The van der Waals surface area contributed by atoms with Crippen LogP contribution in [0.4, 0.5) is 5.69 Å². The Balaban J connectivity index is 1.59. The van der Waals surface area contributed by atoms with Gasteiger partial charge in [-0.15, -0.1) is 23.2 Å². The molecule has 0 spiro atoms. The van der Waals surface area contributed by atoms with Crippen molar-refractivity contribution in [3.05, 3.63) is 18.2 Å². The second-order valence-electron chi connectivity index (χ2n) is 5.82. The van der Waals surface area contributed by atoms with E-state index in [2.05, 4.69) is 5.32 Å². The van der Waals surface area contributed by atoms with Crippen LogP contribution in [0.2, 0.25) is 0 Å². The number of esters is 1. The zero-order valence-corrected chi connectivity index (χ0v) is 14.0. The Kier molecular flexibility index (Phi) is 3.84. The van der Waals surface area contributed by atoms with Gasteiger partial charge < -0.3 is 19.5 Å². The Bertz CT molecular complexity index is 678. The Morgan fingerprint density at radius 2 is 1.96 bits per heavy atom. The largest absolute Gasteiger partial charge is 0.454 e. The number of carbonyl (C=O) groups is 2. The van der Waals surface area contributed by atoms with Crippen LogP contribution in [0, 0.1) is 5.41 Å². The Labute approximate surface area is 143 Å². The number of amides is 1. The summed E-state index contributed by atoms with van der Waals surface area (Å²) in [7, 11) is 0. The van der Waals surface area contributed by atoms with Crippen LogP contribution in [-0.4, -0.2) is 29.1 Å². The fraction of sp³-hybridized carbons (Fsp3) is 0.467. The maximum absolute atomic E-state index is 12.1. The van der Waals surface area contributed by atoms with Crippen LogP contribution in [0.15, 0.2) is 18.2 Å². The third-order valence-electron chi connectivity index (χ3n) is 4.00. The molecular weight excluding hydrogens is 345 g/mol. The number of benzene rings is 1. The molecule has 0 radical (unpaired) electrons. The second-order valence-corrected chi connectivity index (χ2v) is 7.30. The molecule has 6 nitrogen and oxygen atoms in total. The fourth-order valence-electron chi connectivity index (χ4n) is 2.18. The van der Waals surface area contributed by atoms with Crippen molar-refractivity contribution >= 4 is 40.8 Å². The zero-order valence-electron chi connectivity index (χ0n) is 12.5. The number of anilines is 1. The van der Waals surface area contributed by atoms with Gasteiger partial charge in [0.25, 0.3) is 5.91 Å². The minimum absolute atomic E-state index is 0.151. The Morgan fingerprint density at radius 3 is 2.61 bits per heavy atom. The third-order valence-corrected chi connectivity index (χ3v) is 5.10. The summed E-state index contributed by atoms with van der Waals surface area (Å²) < 4.78 is 14.5. The molecule has 23 heavy (non-hydrogen) atoms. The van der Waals surface area contributed by atoms with Crippen LogP contribution >= 0.6 is 23.2 Å². The first-order valence-electron chi connectivity index (χ1n) is 7.02. The molecule has 3 rings (SSSR count). The summed E-state index contributed by atoms with van der Waals surface area (Å²) in [6.45, 7) is 3.24. The smallest absolute Gasteiger partial charge is 0.315 e. The van der Waals surface area contributed by atoms with Gasteiger partial charge in [0.1, 0.15) is 9.75 Å². The number of alkyl halides is 2. The van der Waals surface area contributed by atoms with Gasteiger partial charge >= 0.3 is 5.97 Å². The van der Waals surface area contributed by atoms with E-state index >= 15 is 0 Å². The van der Waals surface area contributed by atoms with Gasteiger partial charge in [-0.3, -0.25) is 9.59 Å². The summed E-state index contributed by atoms with van der Waals surface area (Å²) in [5.41, 5.74) is -0.451. The van der Waals surface area contributed by atoms with E-state index < -0.39 is 27.7 Å². The molecule has 2 atom stereocenters. The lowest BCUT2D eigenvalue weighted by Gasteiger charge is -2.17. The molecule has 1 aromatic carbocycles.